The summed E-state index contributed by atoms with van der Waals surface area (Å²) in [5.74, 6) is 0.715. The molecule has 2 heterocycles. The average molecular weight is 502 g/mol. The van der Waals surface area contributed by atoms with Gasteiger partial charge in [0.2, 0.25) is 5.91 Å². The number of carbonyl (C=O) groups is 1. The van der Waals surface area contributed by atoms with E-state index >= 15 is 0 Å². The van der Waals surface area contributed by atoms with Gasteiger partial charge in [0.05, 0.1) is 23.4 Å². The fourth-order valence-electron chi connectivity index (χ4n) is 4.08. The van der Waals surface area contributed by atoms with Crippen molar-refractivity contribution in [2.45, 2.75) is 37.5 Å². The van der Waals surface area contributed by atoms with E-state index in [1.54, 1.807) is 35.2 Å². The van der Waals surface area contributed by atoms with Crippen LogP contribution in [0.2, 0.25) is 0 Å². The predicted molar refractivity (Wildman–Crippen MR) is 140 cm³/mol. The molecule has 0 saturated carbocycles. The Labute approximate surface area is 209 Å². The maximum atomic E-state index is 13.3. The van der Waals surface area contributed by atoms with Crippen molar-refractivity contribution in [3.05, 3.63) is 53.8 Å². The maximum Gasteiger partial charge on any atom is 0.228 e. The molecule has 3 aromatic rings. The summed E-state index contributed by atoms with van der Waals surface area (Å²) in [7, 11) is 0. The molecular weight excluding hydrogens is 469 g/mol. The van der Waals surface area contributed by atoms with Crippen molar-refractivity contribution in [2.24, 2.45) is 0 Å². The Morgan fingerprint density at radius 3 is 2.74 bits per heavy atom. The second-order valence-corrected chi connectivity index (χ2v) is 10.6. The maximum absolute atomic E-state index is 13.3. The second-order valence-electron chi connectivity index (χ2n) is 8.37. The zero-order valence-electron chi connectivity index (χ0n) is 19.7. The van der Waals surface area contributed by atoms with Gasteiger partial charge in [-0.05, 0) is 60.9 Å². The molecule has 0 N–H and O–H groups in total. The van der Waals surface area contributed by atoms with Gasteiger partial charge in [-0.1, -0.05) is 30.4 Å². The van der Waals surface area contributed by atoms with Crippen LogP contribution in [0.3, 0.4) is 0 Å². The Bertz CT molecular complexity index is 1070. The number of aromatic nitrogens is 1. The Kier molecular flexibility index (Phi) is 9.33. The highest BCUT2D eigenvalue weighted by Crippen LogP contribution is 2.32. The van der Waals surface area contributed by atoms with Crippen LogP contribution < -0.4 is 4.90 Å². The first-order valence-electron chi connectivity index (χ1n) is 12.0. The molecule has 0 atom stereocenters. The van der Waals surface area contributed by atoms with Crippen LogP contribution in [-0.4, -0.2) is 60.9 Å². The first-order chi connectivity index (χ1) is 16.6. The first-order valence-corrected chi connectivity index (χ1v) is 13.8. The number of hydrogen-bond donors (Lipinski definition) is 0. The van der Waals surface area contributed by atoms with Gasteiger partial charge in [0.25, 0.3) is 0 Å². The molecule has 2 aromatic carbocycles. The summed E-state index contributed by atoms with van der Waals surface area (Å²) >= 11 is 3.26. The van der Waals surface area contributed by atoms with Crippen molar-refractivity contribution in [1.82, 2.24) is 9.88 Å². The van der Waals surface area contributed by atoms with Crippen LogP contribution in [-0.2, 0) is 16.0 Å². The second kappa shape index (κ2) is 12.6. The van der Waals surface area contributed by atoms with Crippen LogP contribution in [0, 0.1) is 5.82 Å². The molecule has 1 aliphatic heterocycles. The average Bonchev–Trinajstić information content (AvgIpc) is 3.30. The normalized spacial score (nSPS) is 14.5. The summed E-state index contributed by atoms with van der Waals surface area (Å²) in [6.45, 7) is 7.24. The SMILES string of the molecule is CCc1cccc2sc(N(CCCN3CCOCC3)C(=O)CCCSc3ccc(F)cc3)nc12. The number of thiazole rings is 1. The summed E-state index contributed by atoms with van der Waals surface area (Å²) in [5, 5.41) is 0.800. The van der Waals surface area contributed by atoms with Crippen LogP contribution in [0.25, 0.3) is 10.2 Å². The third-order valence-corrected chi connectivity index (χ3v) is 8.12. The van der Waals surface area contributed by atoms with E-state index in [9.17, 15) is 9.18 Å². The molecule has 0 spiro atoms. The summed E-state index contributed by atoms with van der Waals surface area (Å²) in [6.07, 6.45) is 3.08. The Morgan fingerprint density at radius 2 is 1.97 bits per heavy atom. The number of halogens is 1. The number of nitrogens with zero attached hydrogens (tertiary/aromatic N) is 3. The third-order valence-electron chi connectivity index (χ3n) is 5.98. The minimum atomic E-state index is -0.227. The van der Waals surface area contributed by atoms with E-state index in [2.05, 4.69) is 30.0 Å². The number of morpholine rings is 1. The Balaban J connectivity index is 1.39. The number of thioether (sulfide) groups is 1. The molecule has 5 nitrogen and oxygen atoms in total. The summed E-state index contributed by atoms with van der Waals surface area (Å²) in [6, 6.07) is 12.8. The summed E-state index contributed by atoms with van der Waals surface area (Å²) in [5.41, 5.74) is 2.24. The van der Waals surface area contributed by atoms with Crippen molar-refractivity contribution < 1.29 is 13.9 Å². The zero-order valence-corrected chi connectivity index (χ0v) is 21.3. The van der Waals surface area contributed by atoms with Crippen molar-refractivity contribution >= 4 is 44.4 Å². The van der Waals surface area contributed by atoms with E-state index in [1.165, 1.54) is 17.7 Å². The topological polar surface area (TPSA) is 45.7 Å². The molecule has 0 aliphatic carbocycles. The van der Waals surface area contributed by atoms with Gasteiger partial charge < -0.3 is 4.74 Å². The number of benzene rings is 2. The van der Waals surface area contributed by atoms with E-state index < -0.39 is 0 Å². The number of amides is 1. The van der Waals surface area contributed by atoms with Crippen LogP contribution >= 0.6 is 23.1 Å². The zero-order chi connectivity index (χ0) is 23.8. The monoisotopic (exact) mass is 501 g/mol. The lowest BCUT2D eigenvalue weighted by atomic mass is 10.1. The molecule has 1 aliphatic rings. The Morgan fingerprint density at radius 1 is 1.18 bits per heavy atom. The van der Waals surface area contributed by atoms with E-state index in [0.29, 0.717) is 13.0 Å². The molecular formula is C26H32FN3O2S2. The largest absolute Gasteiger partial charge is 0.379 e. The number of rotatable bonds is 11. The van der Waals surface area contributed by atoms with Crippen molar-refractivity contribution in [3.8, 4) is 0 Å². The smallest absolute Gasteiger partial charge is 0.228 e. The van der Waals surface area contributed by atoms with Gasteiger partial charge in [-0.3, -0.25) is 14.6 Å². The highest BCUT2D eigenvalue weighted by Gasteiger charge is 2.21. The van der Waals surface area contributed by atoms with E-state index in [4.69, 9.17) is 9.72 Å². The minimum absolute atomic E-state index is 0.124. The molecule has 0 unspecified atom stereocenters. The van der Waals surface area contributed by atoms with Gasteiger partial charge in [-0.2, -0.15) is 0 Å². The number of fused-ring (bicyclic) bond motifs is 1. The number of para-hydroxylation sites is 1. The lowest BCUT2D eigenvalue weighted by Gasteiger charge is -2.27. The fraction of sp³-hybridized carbons (Fsp3) is 0.462. The molecule has 1 fully saturated rings. The molecule has 1 aromatic heterocycles. The van der Waals surface area contributed by atoms with Crippen LogP contribution in [0.4, 0.5) is 9.52 Å². The lowest BCUT2D eigenvalue weighted by Crippen LogP contribution is -2.39. The van der Waals surface area contributed by atoms with Gasteiger partial charge in [0.1, 0.15) is 5.82 Å². The molecule has 4 rings (SSSR count). The third kappa shape index (κ3) is 6.78. The summed E-state index contributed by atoms with van der Waals surface area (Å²) in [4.78, 5) is 23.5. The number of aryl methyl sites for hydroxylation is 1. The van der Waals surface area contributed by atoms with Gasteiger partial charge in [0.15, 0.2) is 5.13 Å². The molecule has 34 heavy (non-hydrogen) atoms. The van der Waals surface area contributed by atoms with Gasteiger partial charge in [-0.15, -0.1) is 11.8 Å². The standard InChI is InChI=1S/C26H32FN3O2S2/c1-2-20-6-3-7-23-25(20)28-26(34-23)30(14-5-13-29-15-17-32-18-16-29)24(31)8-4-19-33-22-11-9-21(27)10-12-22/h3,6-7,9-12H,2,4-5,8,13-19H2,1H3. The predicted octanol–water partition coefficient (Wildman–Crippen LogP) is 5.63. The van der Waals surface area contributed by atoms with E-state index in [-0.39, 0.29) is 11.7 Å². The highest BCUT2D eigenvalue weighted by molar-refractivity contribution is 7.99. The molecule has 182 valence electrons. The molecule has 8 heteroatoms. The highest BCUT2D eigenvalue weighted by atomic mass is 32.2. The van der Waals surface area contributed by atoms with E-state index in [0.717, 1.165) is 78.1 Å². The number of ether oxygens (including phenoxy) is 1. The number of hydrogen-bond acceptors (Lipinski definition) is 6. The fourth-order valence-corrected chi connectivity index (χ4v) is 5.99. The Hall–Kier alpha value is -2.00. The minimum Gasteiger partial charge on any atom is -0.379 e. The van der Waals surface area contributed by atoms with Gasteiger partial charge in [-0.25, -0.2) is 9.37 Å². The van der Waals surface area contributed by atoms with Gasteiger partial charge in [0, 0.05) is 37.5 Å². The summed E-state index contributed by atoms with van der Waals surface area (Å²) < 4.78 is 19.7. The van der Waals surface area contributed by atoms with Gasteiger partial charge >= 0.3 is 0 Å². The van der Waals surface area contributed by atoms with Crippen LogP contribution in [0.5, 0.6) is 0 Å². The number of carbonyl (C=O) groups excluding carboxylic acids is 1. The molecule has 0 bridgehead atoms. The lowest BCUT2D eigenvalue weighted by molar-refractivity contribution is -0.118. The van der Waals surface area contributed by atoms with Crippen molar-refractivity contribution in [3.63, 3.8) is 0 Å². The van der Waals surface area contributed by atoms with Crippen LogP contribution in [0.1, 0.15) is 31.7 Å². The quantitative estimate of drug-likeness (QED) is 0.252. The molecule has 0 radical (unpaired) electrons. The van der Waals surface area contributed by atoms with Crippen LogP contribution in [0.15, 0.2) is 47.4 Å². The van der Waals surface area contributed by atoms with Crippen molar-refractivity contribution in [1.29, 1.82) is 0 Å². The van der Waals surface area contributed by atoms with E-state index in [1.807, 2.05) is 4.90 Å². The number of anilines is 1. The van der Waals surface area contributed by atoms with Crippen molar-refractivity contribution in [2.75, 3.05) is 50.0 Å². The molecule has 1 saturated heterocycles. The molecule has 1 amide bonds. The first kappa shape index (κ1) is 25.1.